The second kappa shape index (κ2) is 7.47. The average molecular weight is 409 g/mol. The van der Waals surface area contributed by atoms with Crippen LogP contribution in [0.25, 0.3) is 0 Å². The van der Waals surface area contributed by atoms with Crippen molar-refractivity contribution in [1.82, 2.24) is 0 Å². The van der Waals surface area contributed by atoms with Gasteiger partial charge in [-0.25, -0.2) is 4.39 Å². The summed E-state index contributed by atoms with van der Waals surface area (Å²) >= 11 is 5.85. The van der Waals surface area contributed by atoms with Gasteiger partial charge in [-0.2, -0.15) is 0 Å². The molecule has 1 aromatic rings. The zero-order chi connectivity index (χ0) is 20.1. The van der Waals surface area contributed by atoms with Gasteiger partial charge in [-0.1, -0.05) is 25.8 Å². The zero-order valence-corrected chi connectivity index (χ0v) is 17.9. The van der Waals surface area contributed by atoms with Crippen molar-refractivity contribution in [1.29, 1.82) is 0 Å². The fraction of sp³-hybridized carbons (Fsp3) is 0.750. The normalized spacial score (nSPS) is 42.0. The molecule has 0 aliphatic heterocycles. The van der Waals surface area contributed by atoms with Gasteiger partial charge in [0.2, 0.25) is 0 Å². The molecule has 0 unspecified atom stereocenters. The van der Waals surface area contributed by atoms with Crippen molar-refractivity contribution in [3.05, 3.63) is 29.3 Å². The number of phenolic OH excluding ortho intramolecular Hbond substituents is 1. The largest absolute Gasteiger partial charge is 0.508 e. The molecule has 7 atom stereocenters. The van der Waals surface area contributed by atoms with Gasteiger partial charge in [0.15, 0.2) is 0 Å². The Labute approximate surface area is 173 Å². The maximum absolute atomic E-state index is 15.8. The molecule has 0 amide bonds. The lowest BCUT2D eigenvalue weighted by Gasteiger charge is -2.56. The molecule has 0 saturated heterocycles. The second-order valence-corrected chi connectivity index (χ2v) is 10.4. The lowest BCUT2D eigenvalue weighted by Crippen LogP contribution is -2.54. The Morgan fingerprint density at radius 3 is 2.75 bits per heavy atom. The standard InChI is InChI=1S/C24H34ClFO2/c1-23-14-20(26)22-18-8-7-17(27)13-16(18)12-15(6-4-3-5-11-25)21(22)19(23)9-10-24(23,2)28/h7-8,13,15,19-22,27-28H,3-6,9-12,14H2,1-2H3/t15-,19+,20+,21+,22+,23+,24+/m1/s1. The summed E-state index contributed by atoms with van der Waals surface area (Å²) in [6.45, 7) is 4.05. The van der Waals surface area contributed by atoms with E-state index >= 15 is 4.39 Å². The van der Waals surface area contributed by atoms with Gasteiger partial charge in [0.1, 0.15) is 11.9 Å². The summed E-state index contributed by atoms with van der Waals surface area (Å²) in [6.07, 6.45) is 6.50. The minimum atomic E-state index is -0.940. The third kappa shape index (κ3) is 3.17. The Morgan fingerprint density at radius 2 is 2.00 bits per heavy atom. The van der Waals surface area contributed by atoms with Crippen LogP contribution in [-0.2, 0) is 6.42 Å². The number of hydrogen-bond acceptors (Lipinski definition) is 2. The fourth-order valence-corrected chi connectivity index (χ4v) is 7.15. The molecular formula is C24H34ClFO2. The van der Waals surface area contributed by atoms with Crippen molar-refractivity contribution in [3.8, 4) is 5.75 Å². The van der Waals surface area contributed by atoms with Gasteiger partial charge in [-0.15, -0.1) is 11.6 Å². The summed E-state index contributed by atoms with van der Waals surface area (Å²) in [6, 6.07) is 5.51. The molecule has 4 rings (SSSR count). The summed E-state index contributed by atoms with van der Waals surface area (Å²) in [4.78, 5) is 0. The number of benzene rings is 1. The highest BCUT2D eigenvalue weighted by Gasteiger charge is 2.63. The van der Waals surface area contributed by atoms with Crippen molar-refractivity contribution in [2.75, 3.05) is 5.88 Å². The van der Waals surface area contributed by atoms with E-state index in [1.165, 1.54) is 0 Å². The monoisotopic (exact) mass is 408 g/mol. The summed E-state index contributed by atoms with van der Waals surface area (Å²) in [5.41, 5.74) is 1.09. The highest BCUT2D eigenvalue weighted by atomic mass is 35.5. The number of unbranched alkanes of at least 4 members (excludes halogenated alkanes) is 2. The topological polar surface area (TPSA) is 40.5 Å². The van der Waals surface area contributed by atoms with E-state index in [9.17, 15) is 10.2 Å². The lowest BCUT2D eigenvalue weighted by molar-refractivity contribution is -0.120. The van der Waals surface area contributed by atoms with Gasteiger partial charge in [-0.3, -0.25) is 0 Å². The number of alkyl halides is 2. The van der Waals surface area contributed by atoms with Crippen LogP contribution in [0.15, 0.2) is 18.2 Å². The van der Waals surface area contributed by atoms with Crippen molar-refractivity contribution < 1.29 is 14.6 Å². The van der Waals surface area contributed by atoms with Gasteiger partial charge < -0.3 is 10.2 Å². The third-order valence-electron chi connectivity index (χ3n) is 8.60. The predicted octanol–water partition coefficient (Wildman–Crippen LogP) is 5.97. The van der Waals surface area contributed by atoms with E-state index in [0.29, 0.717) is 24.1 Å². The van der Waals surface area contributed by atoms with Gasteiger partial charge >= 0.3 is 0 Å². The number of fused-ring (bicyclic) bond motifs is 5. The Morgan fingerprint density at radius 1 is 1.21 bits per heavy atom. The molecule has 0 heterocycles. The maximum atomic E-state index is 15.8. The first-order valence-electron chi connectivity index (χ1n) is 11.0. The Bertz CT molecular complexity index is 721. The predicted molar refractivity (Wildman–Crippen MR) is 112 cm³/mol. The summed E-state index contributed by atoms with van der Waals surface area (Å²) in [5.74, 6) is 1.91. The molecular weight excluding hydrogens is 375 g/mol. The summed E-state index contributed by atoms with van der Waals surface area (Å²) < 4.78 is 15.8. The highest BCUT2D eigenvalue weighted by Crippen LogP contribution is 2.66. The minimum absolute atomic E-state index is 0.102. The first kappa shape index (κ1) is 20.5. The van der Waals surface area contributed by atoms with Gasteiger partial charge in [0, 0.05) is 17.2 Å². The van der Waals surface area contributed by atoms with E-state index in [4.69, 9.17) is 11.6 Å². The van der Waals surface area contributed by atoms with Crippen LogP contribution < -0.4 is 0 Å². The van der Waals surface area contributed by atoms with Crippen LogP contribution >= 0.6 is 11.6 Å². The Balaban J connectivity index is 1.71. The van der Waals surface area contributed by atoms with Gasteiger partial charge in [-0.05, 0) is 86.5 Å². The molecule has 0 bridgehead atoms. The fourth-order valence-electron chi connectivity index (χ4n) is 6.96. The third-order valence-corrected chi connectivity index (χ3v) is 8.87. The van der Waals surface area contributed by atoms with E-state index < -0.39 is 11.8 Å². The summed E-state index contributed by atoms with van der Waals surface area (Å²) in [7, 11) is 0. The number of aliphatic hydroxyl groups is 1. The maximum Gasteiger partial charge on any atom is 0.115 e. The Hall–Kier alpha value is -0.800. The average Bonchev–Trinajstić information content (AvgIpc) is 2.87. The minimum Gasteiger partial charge on any atom is -0.508 e. The molecule has 4 heteroatoms. The second-order valence-electron chi connectivity index (χ2n) is 10.0. The van der Waals surface area contributed by atoms with E-state index in [2.05, 4.69) is 6.92 Å². The molecule has 0 radical (unpaired) electrons. The van der Waals surface area contributed by atoms with Crippen LogP contribution in [0.1, 0.15) is 75.8 Å². The van der Waals surface area contributed by atoms with Crippen molar-refractivity contribution in [2.24, 2.45) is 23.2 Å². The number of aromatic hydroxyl groups is 1. The van der Waals surface area contributed by atoms with Crippen LogP contribution in [0.3, 0.4) is 0 Å². The van der Waals surface area contributed by atoms with Crippen molar-refractivity contribution in [2.45, 2.75) is 82.9 Å². The molecule has 2 nitrogen and oxygen atoms in total. The number of phenols is 1. The highest BCUT2D eigenvalue weighted by molar-refractivity contribution is 6.17. The van der Waals surface area contributed by atoms with E-state index in [-0.39, 0.29) is 23.0 Å². The number of hydrogen-bond donors (Lipinski definition) is 2. The molecule has 0 spiro atoms. The van der Waals surface area contributed by atoms with Crippen LogP contribution in [-0.4, -0.2) is 27.9 Å². The molecule has 28 heavy (non-hydrogen) atoms. The quantitative estimate of drug-likeness (QED) is 0.465. The first-order valence-corrected chi connectivity index (χ1v) is 11.6. The molecule has 3 aliphatic carbocycles. The molecule has 2 saturated carbocycles. The van der Waals surface area contributed by atoms with E-state index in [1.807, 2.05) is 19.1 Å². The smallest absolute Gasteiger partial charge is 0.115 e. The first-order chi connectivity index (χ1) is 13.3. The SMILES string of the molecule is C[C@]1(O)CC[C@H]2[C@@H]3[C@H](CCCCCCl)Cc4cc(O)ccc4[C@H]3[C@@H](F)C[C@@]21C. The number of halogens is 2. The van der Waals surface area contributed by atoms with Crippen LogP contribution in [0, 0.1) is 23.2 Å². The molecule has 0 aromatic heterocycles. The van der Waals surface area contributed by atoms with Crippen LogP contribution in [0.5, 0.6) is 5.75 Å². The molecule has 1 aromatic carbocycles. The van der Waals surface area contributed by atoms with Gasteiger partial charge in [0.25, 0.3) is 0 Å². The van der Waals surface area contributed by atoms with Crippen molar-refractivity contribution in [3.63, 3.8) is 0 Å². The van der Waals surface area contributed by atoms with E-state index in [0.717, 1.165) is 56.1 Å². The zero-order valence-electron chi connectivity index (χ0n) is 17.1. The molecule has 2 N–H and O–H groups in total. The van der Waals surface area contributed by atoms with Crippen LogP contribution in [0.2, 0.25) is 0 Å². The van der Waals surface area contributed by atoms with Crippen LogP contribution in [0.4, 0.5) is 4.39 Å². The molecule has 3 aliphatic rings. The lowest BCUT2D eigenvalue weighted by atomic mass is 9.50. The summed E-state index contributed by atoms with van der Waals surface area (Å²) in [5, 5.41) is 21.1. The van der Waals surface area contributed by atoms with E-state index in [1.54, 1.807) is 6.07 Å². The van der Waals surface area contributed by atoms with Crippen molar-refractivity contribution >= 4 is 11.6 Å². The van der Waals surface area contributed by atoms with Gasteiger partial charge in [0.05, 0.1) is 5.60 Å². The number of rotatable bonds is 5. The Kier molecular flexibility index (Phi) is 5.46. The molecule has 156 valence electrons. The molecule has 2 fully saturated rings.